The number of amides is 1. The zero-order valence-electron chi connectivity index (χ0n) is 11.7. The minimum atomic E-state index is -0.250. The molecule has 5 nitrogen and oxygen atoms in total. The lowest BCUT2D eigenvalue weighted by Crippen LogP contribution is -2.43. The highest BCUT2D eigenvalue weighted by atomic mass is 16.5. The molecular weight excluding hydrogens is 244 g/mol. The quantitative estimate of drug-likeness (QED) is 0.716. The van der Waals surface area contributed by atoms with Crippen LogP contribution in [0.5, 0.6) is 0 Å². The summed E-state index contributed by atoms with van der Waals surface area (Å²) in [6.45, 7) is 1.09. The molecule has 1 saturated heterocycles. The number of likely N-dealkylation sites (tertiary alicyclic amines) is 1. The van der Waals surface area contributed by atoms with E-state index >= 15 is 0 Å². The van der Waals surface area contributed by atoms with Gasteiger partial charge in [-0.25, -0.2) is 0 Å². The van der Waals surface area contributed by atoms with Gasteiger partial charge in [0.15, 0.2) is 0 Å². The fourth-order valence-corrected chi connectivity index (χ4v) is 2.82. The van der Waals surface area contributed by atoms with Crippen molar-refractivity contribution in [3.63, 3.8) is 0 Å². The minimum Gasteiger partial charge on any atom is -0.468 e. The van der Waals surface area contributed by atoms with Crippen molar-refractivity contribution in [3.05, 3.63) is 11.8 Å². The summed E-state index contributed by atoms with van der Waals surface area (Å²) in [6.07, 6.45) is 7.01. The van der Waals surface area contributed by atoms with Crippen LogP contribution in [0.1, 0.15) is 32.1 Å². The number of carbonyl (C=O) groups is 2. The molecule has 1 unspecified atom stereocenters. The molecule has 0 aromatic rings. The Morgan fingerprint density at radius 3 is 2.89 bits per heavy atom. The number of rotatable bonds is 4. The number of hydrogen-bond acceptors (Lipinski definition) is 4. The molecule has 0 N–H and O–H groups in total. The predicted molar refractivity (Wildman–Crippen MR) is 71.3 cm³/mol. The van der Waals surface area contributed by atoms with E-state index < -0.39 is 0 Å². The Kier molecular flexibility index (Phi) is 4.58. The van der Waals surface area contributed by atoms with Crippen molar-refractivity contribution in [2.24, 2.45) is 0 Å². The highest BCUT2D eigenvalue weighted by Crippen LogP contribution is 2.22. The molecule has 0 saturated carbocycles. The molecule has 0 bridgehead atoms. The first-order chi connectivity index (χ1) is 9.13. The van der Waals surface area contributed by atoms with Gasteiger partial charge in [-0.15, -0.1) is 0 Å². The summed E-state index contributed by atoms with van der Waals surface area (Å²) in [5.74, 6) is -0.169. The van der Waals surface area contributed by atoms with E-state index in [1.54, 1.807) is 4.90 Å². The first-order valence-corrected chi connectivity index (χ1v) is 6.91. The minimum absolute atomic E-state index is 0.0592. The van der Waals surface area contributed by atoms with E-state index in [0.29, 0.717) is 6.54 Å². The predicted octanol–water partition coefficient (Wildman–Crippen LogP) is 1.15. The van der Waals surface area contributed by atoms with E-state index in [9.17, 15) is 9.59 Å². The molecule has 1 aliphatic carbocycles. The molecule has 0 spiro atoms. The van der Waals surface area contributed by atoms with Gasteiger partial charge in [0.2, 0.25) is 5.91 Å². The lowest BCUT2D eigenvalue weighted by atomic mass is 10.2. The summed E-state index contributed by atoms with van der Waals surface area (Å²) < 4.78 is 4.79. The van der Waals surface area contributed by atoms with Crippen LogP contribution in [0.3, 0.4) is 0 Å². The van der Waals surface area contributed by atoms with Crippen LogP contribution in [0.15, 0.2) is 11.8 Å². The molecule has 1 fully saturated rings. The monoisotopic (exact) mass is 266 g/mol. The highest BCUT2D eigenvalue weighted by Gasteiger charge is 2.33. The molecule has 1 aliphatic heterocycles. The van der Waals surface area contributed by atoms with Crippen LogP contribution in [-0.2, 0) is 14.3 Å². The van der Waals surface area contributed by atoms with E-state index in [2.05, 4.69) is 6.08 Å². The summed E-state index contributed by atoms with van der Waals surface area (Å²) in [4.78, 5) is 27.5. The van der Waals surface area contributed by atoms with Gasteiger partial charge >= 0.3 is 5.97 Å². The Balaban J connectivity index is 1.92. The van der Waals surface area contributed by atoms with Crippen molar-refractivity contribution in [1.82, 2.24) is 9.80 Å². The van der Waals surface area contributed by atoms with Crippen LogP contribution in [0.25, 0.3) is 0 Å². The molecule has 1 heterocycles. The zero-order valence-corrected chi connectivity index (χ0v) is 11.7. The smallest absolute Gasteiger partial charge is 0.323 e. The van der Waals surface area contributed by atoms with Crippen LogP contribution in [0, 0.1) is 0 Å². The number of esters is 1. The van der Waals surface area contributed by atoms with Gasteiger partial charge in [0.1, 0.15) is 6.04 Å². The van der Waals surface area contributed by atoms with E-state index in [1.807, 2.05) is 11.9 Å². The second kappa shape index (κ2) is 6.19. The third kappa shape index (κ3) is 3.15. The second-order valence-electron chi connectivity index (χ2n) is 5.19. The molecule has 2 aliphatic rings. The number of allylic oxidation sites excluding steroid dienone is 2. The molecule has 1 amide bonds. The van der Waals surface area contributed by atoms with Gasteiger partial charge in [-0.1, -0.05) is 6.08 Å². The molecule has 19 heavy (non-hydrogen) atoms. The average Bonchev–Trinajstić information content (AvgIpc) is 3.07. The maximum Gasteiger partial charge on any atom is 0.323 e. The van der Waals surface area contributed by atoms with Gasteiger partial charge in [0, 0.05) is 12.7 Å². The maximum atomic E-state index is 12.2. The Morgan fingerprint density at radius 1 is 1.47 bits per heavy atom. The van der Waals surface area contributed by atoms with Crippen molar-refractivity contribution >= 4 is 11.9 Å². The molecule has 5 heteroatoms. The molecule has 0 aromatic carbocycles. The fraction of sp³-hybridized carbons (Fsp3) is 0.714. The maximum absolute atomic E-state index is 12.2. The summed E-state index contributed by atoms with van der Waals surface area (Å²) >= 11 is 0. The van der Waals surface area contributed by atoms with Crippen LogP contribution in [0.2, 0.25) is 0 Å². The molecule has 0 radical (unpaired) electrons. The van der Waals surface area contributed by atoms with Crippen molar-refractivity contribution in [1.29, 1.82) is 0 Å². The Morgan fingerprint density at radius 2 is 2.26 bits per heavy atom. The topological polar surface area (TPSA) is 49.9 Å². The molecule has 2 rings (SSSR count). The fourth-order valence-electron chi connectivity index (χ4n) is 2.82. The van der Waals surface area contributed by atoms with E-state index in [-0.39, 0.29) is 17.9 Å². The zero-order chi connectivity index (χ0) is 13.8. The van der Waals surface area contributed by atoms with Gasteiger partial charge in [0.25, 0.3) is 0 Å². The first-order valence-electron chi connectivity index (χ1n) is 6.91. The number of hydrogen-bond donors (Lipinski definition) is 0. The SMILES string of the molecule is COC(=O)C1CCCN1CC(=O)N(C)C1=CCCC1. The van der Waals surface area contributed by atoms with Gasteiger partial charge in [-0.2, -0.15) is 0 Å². The summed E-state index contributed by atoms with van der Waals surface area (Å²) in [7, 11) is 3.22. The first kappa shape index (κ1) is 14.1. The Hall–Kier alpha value is -1.36. The van der Waals surface area contributed by atoms with Crippen LogP contribution >= 0.6 is 0 Å². The number of methoxy groups -OCH3 is 1. The third-order valence-electron chi connectivity index (χ3n) is 4.00. The van der Waals surface area contributed by atoms with Crippen molar-refractivity contribution < 1.29 is 14.3 Å². The number of carbonyl (C=O) groups excluding carboxylic acids is 2. The largest absolute Gasteiger partial charge is 0.468 e. The molecular formula is C14H22N2O3. The Labute approximate surface area is 114 Å². The second-order valence-corrected chi connectivity index (χ2v) is 5.19. The highest BCUT2D eigenvalue weighted by molar-refractivity contribution is 5.82. The van der Waals surface area contributed by atoms with Gasteiger partial charge in [-0.05, 0) is 38.6 Å². The van der Waals surface area contributed by atoms with Crippen LogP contribution in [0.4, 0.5) is 0 Å². The van der Waals surface area contributed by atoms with Gasteiger partial charge in [0.05, 0.1) is 13.7 Å². The van der Waals surface area contributed by atoms with Crippen LogP contribution in [-0.4, -0.2) is 55.0 Å². The molecule has 1 atom stereocenters. The summed E-state index contributed by atoms with van der Waals surface area (Å²) in [5.41, 5.74) is 1.11. The third-order valence-corrected chi connectivity index (χ3v) is 4.00. The standard InChI is InChI=1S/C14H22N2O3/c1-15(11-6-3-4-7-11)13(17)10-16-9-5-8-12(16)14(18)19-2/h6,12H,3-5,7-10H2,1-2H3. The van der Waals surface area contributed by atoms with Gasteiger partial charge < -0.3 is 9.64 Å². The van der Waals surface area contributed by atoms with E-state index in [0.717, 1.165) is 44.3 Å². The van der Waals surface area contributed by atoms with E-state index in [4.69, 9.17) is 4.74 Å². The Bertz CT molecular complexity index is 392. The van der Waals surface area contributed by atoms with Gasteiger partial charge in [-0.3, -0.25) is 14.5 Å². The molecule has 106 valence electrons. The van der Waals surface area contributed by atoms with Crippen LogP contribution < -0.4 is 0 Å². The number of nitrogens with zero attached hydrogens (tertiary/aromatic N) is 2. The van der Waals surface area contributed by atoms with Crippen molar-refractivity contribution in [3.8, 4) is 0 Å². The van der Waals surface area contributed by atoms with Crippen molar-refractivity contribution in [2.75, 3.05) is 27.2 Å². The lowest BCUT2D eigenvalue weighted by Gasteiger charge is -2.25. The van der Waals surface area contributed by atoms with E-state index in [1.165, 1.54) is 7.11 Å². The number of likely N-dealkylation sites (N-methyl/N-ethyl adjacent to an activating group) is 1. The summed E-state index contributed by atoms with van der Waals surface area (Å²) in [5, 5.41) is 0. The normalized spacial score (nSPS) is 23.3. The molecule has 0 aromatic heterocycles. The lowest BCUT2D eigenvalue weighted by molar-refractivity contribution is -0.146. The number of ether oxygens (including phenoxy) is 1. The average molecular weight is 266 g/mol. The van der Waals surface area contributed by atoms with Crippen molar-refractivity contribution in [2.45, 2.75) is 38.1 Å². The summed E-state index contributed by atoms with van der Waals surface area (Å²) in [6, 6.07) is -0.250.